The van der Waals surface area contributed by atoms with Crippen LogP contribution in [0.15, 0.2) is 29.2 Å². The molecule has 1 aliphatic carbocycles. The number of hydrogen-bond donors (Lipinski definition) is 2. The summed E-state index contributed by atoms with van der Waals surface area (Å²) in [7, 11) is -3.12. The number of amides is 2. The second kappa shape index (κ2) is 8.62. The van der Waals surface area contributed by atoms with Crippen molar-refractivity contribution in [3.63, 3.8) is 0 Å². The van der Waals surface area contributed by atoms with E-state index in [2.05, 4.69) is 10.6 Å². The molecule has 9 heteroatoms. The Morgan fingerprint density at radius 3 is 2.41 bits per heavy atom. The van der Waals surface area contributed by atoms with Crippen LogP contribution in [0.2, 0.25) is 0 Å². The number of carbonyl (C=O) groups excluding carboxylic acids is 2. The van der Waals surface area contributed by atoms with Crippen LogP contribution in [-0.4, -0.2) is 55.7 Å². The highest BCUT2D eigenvalue weighted by molar-refractivity contribution is 7.98. The Morgan fingerprint density at radius 2 is 1.78 bits per heavy atom. The monoisotopic (exact) mass is 411 g/mol. The molecule has 0 unspecified atom stereocenters. The molecular weight excluding hydrogens is 386 g/mol. The highest BCUT2D eigenvalue weighted by atomic mass is 32.2. The average Bonchev–Trinajstić information content (AvgIpc) is 3.52. The number of nitrogens with one attached hydrogen (secondary N) is 2. The Hall–Kier alpha value is -1.58. The largest absolute Gasteiger partial charge is 0.348 e. The van der Waals surface area contributed by atoms with Crippen molar-refractivity contribution in [1.82, 2.24) is 9.62 Å². The van der Waals surface area contributed by atoms with Crippen molar-refractivity contribution in [2.75, 3.05) is 31.2 Å². The Morgan fingerprint density at radius 1 is 1.11 bits per heavy atom. The van der Waals surface area contributed by atoms with E-state index < -0.39 is 21.8 Å². The van der Waals surface area contributed by atoms with Crippen molar-refractivity contribution < 1.29 is 18.0 Å². The van der Waals surface area contributed by atoms with Gasteiger partial charge in [-0.25, -0.2) is 12.7 Å². The SMILES string of the molecule is CSc1ccccc1NC(=O)C(=O)NCC1CCN(S(=O)(=O)C2CC2)CC1. The summed E-state index contributed by atoms with van der Waals surface area (Å²) in [5.41, 5.74) is 0.615. The second-order valence-corrected chi connectivity index (χ2v) is 10.0. The minimum Gasteiger partial charge on any atom is -0.348 e. The van der Waals surface area contributed by atoms with Crippen LogP contribution >= 0.6 is 11.8 Å². The van der Waals surface area contributed by atoms with Gasteiger partial charge in [0.1, 0.15) is 0 Å². The molecule has 0 spiro atoms. The molecule has 1 aromatic rings. The van der Waals surface area contributed by atoms with Gasteiger partial charge in [0.05, 0.1) is 10.9 Å². The molecule has 2 amide bonds. The van der Waals surface area contributed by atoms with E-state index in [1.54, 1.807) is 16.4 Å². The van der Waals surface area contributed by atoms with Crippen LogP contribution in [0.4, 0.5) is 5.69 Å². The molecule has 1 aromatic carbocycles. The first-order valence-corrected chi connectivity index (χ1v) is 11.9. The summed E-state index contributed by atoms with van der Waals surface area (Å²) >= 11 is 1.49. The van der Waals surface area contributed by atoms with Gasteiger partial charge in [-0.15, -0.1) is 11.8 Å². The zero-order valence-corrected chi connectivity index (χ0v) is 16.9. The van der Waals surface area contributed by atoms with E-state index in [4.69, 9.17) is 0 Å². The maximum absolute atomic E-state index is 12.2. The maximum Gasteiger partial charge on any atom is 0.313 e. The topological polar surface area (TPSA) is 95.6 Å². The van der Waals surface area contributed by atoms with Crippen molar-refractivity contribution in [3.05, 3.63) is 24.3 Å². The Bertz CT molecular complexity index is 801. The van der Waals surface area contributed by atoms with E-state index in [0.29, 0.717) is 38.2 Å². The van der Waals surface area contributed by atoms with Gasteiger partial charge in [-0.2, -0.15) is 0 Å². The minimum atomic E-state index is -3.12. The predicted octanol–water partition coefficient (Wildman–Crippen LogP) is 1.67. The summed E-state index contributed by atoms with van der Waals surface area (Å²) in [5, 5.41) is 5.13. The van der Waals surface area contributed by atoms with E-state index in [0.717, 1.165) is 17.7 Å². The minimum absolute atomic E-state index is 0.179. The molecule has 0 aromatic heterocycles. The van der Waals surface area contributed by atoms with Crippen molar-refractivity contribution >= 4 is 39.3 Å². The molecule has 148 valence electrons. The number of hydrogen-bond acceptors (Lipinski definition) is 5. The molecular formula is C18H25N3O4S2. The third kappa shape index (κ3) is 5.03. The molecule has 2 aliphatic rings. The molecule has 2 N–H and O–H groups in total. The molecule has 1 saturated heterocycles. The molecule has 27 heavy (non-hydrogen) atoms. The lowest BCUT2D eigenvalue weighted by Crippen LogP contribution is -2.44. The van der Waals surface area contributed by atoms with E-state index >= 15 is 0 Å². The summed E-state index contributed by atoms with van der Waals surface area (Å²) in [6.07, 6.45) is 4.84. The molecule has 3 rings (SSSR count). The van der Waals surface area contributed by atoms with Crippen molar-refractivity contribution in [1.29, 1.82) is 0 Å². The number of carbonyl (C=O) groups is 2. The van der Waals surface area contributed by atoms with Crippen LogP contribution in [-0.2, 0) is 19.6 Å². The Balaban J connectivity index is 1.43. The van der Waals surface area contributed by atoms with Gasteiger partial charge in [0.25, 0.3) is 0 Å². The number of nitrogens with zero attached hydrogens (tertiary/aromatic N) is 1. The highest BCUT2D eigenvalue weighted by Crippen LogP contribution is 2.33. The molecule has 1 heterocycles. The fraction of sp³-hybridized carbons (Fsp3) is 0.556. The Kier molecular flexibility index (Phi) is 6.44. The summed E-state index contributed by atoms with van der Waals surface area (Å²) in [6.45, 7) is 1.37. The predicted molar refractivity (Wildman–Crippen MR) is 106 cm³/mol. The van der Waals surface area contributed by atoms with Crippen LogP contribution in [0.25, 0.3) is 0 Å². The number of rotatable bonds is 6. The lowest BCUT2D eigenvalue weighted by molar-refractivity contribution is -0.136. The maximum atomic E-state index is 12.2. The average molecular weight is 412 g/mol. The molecule has 0 radical (unpaired) electrons. The van der Waals surface area contributed by atoms with E-state index in [1.807, 2.05) is 18.4 Å². The molecule has 2 fully saturated rings. The van der Waals surface area contributed by atoms with Gasteiger partial charge in [0.15, 0.2) is 0 Å². The van der Waals surface area contributed by atoms with Crippen molar-refractivity contribution in [2.24, 2.45) is 5.92 Å². The quantitative estimate of drug-likeness (QED) is 0.548. The smallest absolute Gasteiger partial charge is 0.313 e. The lowest BCUT2D eigenvalue weighted by Gasteiger charge is -2.31. The standard InChI is InChI=1S/C18H25N3O4S2/c1-26-16-5-3-2-4-15(16)20-18(23)17(22)19-12-13-8-10-21(11-9-13)27(24,25)14-6-7-14/h2-5,13-14H,6-12H2,1H3,(H,19,22)(H,20,23). The van der Waals surface area contributed by atoms with Gasteiger partial charge in [0, 0.05) is 24.5 Å². The first kappa shape index (κ1) is 20.2. The first-order chi connectivity index (χ1) is 12.9. The number of piperidine rings is 1. The molecule has 7 nitrogen and oxygen atoms in total. The van der Waals surface area contributed by atoms with Gasteiger partial charge >= 0.3 is 11.8 Å². The van der Waals surface area contributed by atoms with Gasteiger partial charge < -0.3 is 10.6 Å². The number of anilines is 1. The zero-order chi connectivity index (χ0) is 19.4. The normalized spacial score (nSPS) is 18.9. The number of thioether (sulfide) groups is 1. The Labute approximate surface area is 164 Å². The fourth-order valence-electron chi connectivity index (χ4n) is 3.19. The third-order valence-electron chi connectivity index (χ3n) is 4.99. The third-order valence-corrected chi connectivity index (χ3v) is 8.19. The molecule has 1 aliphatic heterocycles. The number of sulfonamides is 1. The zero-order valence-electron chi connectivity index (χ0n) is 15.3. The first-order valence-electron chi connectivity index (χ1n) is 9.13. The van der Waals surface area contributed by atoms with Crippen LogP contribution < -0.4 is 10.6 Å². The second-order valence-electron chi connectivity index (χ2n) is 6.95. The van der Waals surface area contributed by atoms with Gasteiger partial charge in [0.2, 0.25) is 10.0 Å². The molecule has 0 bridgehead atoms. The lowest BCUT2D eigenvalue weighted by atomic mass is 9.98. The van der Waals surface area contributed by atoms with E-state index in [-0.39, 0.29) is 11.2 Å². The van der Waals surface area contributed by atoms with Crippen molar-refractivity contribution in [2.45, 2.75) is 35.8 Å². The van der Waals surface area contributed by atoms with Crippen LogP contribution in [0.5, 0.6) is 0 Å². The van der Waals surface area contributed by atoms with Crippen LogP contribution in [0.1, 0.15) is 25.7 Å². The van der Waals surface area contributed by atoms with Crippen molar-refractivity contribution in [3.8, 4) is 0 Å². The molecule has 1 saturated carbocycles. The number of para-hydroxylation sites is 1. The van der Waals surface area contributed by atoms with E-state index in [9.17, 15) is 18.0 Å². The van der Waals surface area contributed by atoms with Gasteiger partial charge in [-0.05, 0) is 50.0 Å². The van der Waals surface area contributed by atoms with Crippen LogP contribution in [0, 0.1) is 5.92 Å². The van der Waals surface area contributed by atoms with Gasteiger partial charge in [-0.1, -0.05) is 12.1 Å². The van der Waals surface area contributed by atoms with Crippen LogP contribution in [0.3, 0.4) is 0 Å². The molecule has 0 atom stereocenters. The highest BCUT2D eigenvalue weighted by Gasteiger charge is 2.41. The number of benzene rings is 1. The van der Waals surface area contributed by atoms with E-state index in [1.165, 1.54) is 11.8 Å². The fourth-order valence-corrected chi connectivity index (χ4v) is 5.62. The summed E-state index contributed by atoms with van der Waals surface area (Å²) in [4.78, 5) is 25.1. The summed E-state index contributed by atoms with van der Waals surface area (Å²) < 4.78 is 26.1. The van der Waals surface area contributed by atoms with Gasteiger partial charge in [-0.3, -0.25) is 9.59 Å². The summed E-state index contributed by atoms with van der Waals surface area (Å²) in [6, 6.07) is 7.31. The summed E-state index contributed by atoms with van der Waals surface area (Å²) in [5.74, 6) is -1.17.